The van der Waals surface area contributed by atoms with Crippen LogP contribution in [0.5, 0.6) is 0 Å². The highest BCUT2D eigenvalue weighted by atomic mass is 16.1. The van der Waals surface area contributed by atoms with Gasteiger partial charge in [-0.25, -0.2) is 0 Å². The molecule has 0 aromatic rings. The van der Waals surface area contributed by atoms with Crippen molar-refractivity contribution in [1.82, 2.24) is 0 Å². The third-order valence-electron chi connectivity index (χ3n) is 9.18. The topological polar surface area (TPSA) is 17.1 Å². The van der Waals surface area contributed by atoms with Crippen LogP contribution in [-0.2, 0) is 4.79 Å². The lowest BCUT2D eigenvalue weighted by Crippen LogP contribution is -2.47. The summed E-state index contributed by atoms with van der Waals surface area (Å²) in [7, 11) is 0. The van der Waals surface area contributed by atoms with E-state index in [0.29, 0.717) is 17.1 Å². The van der Waals surface area contributed by atoms with E-state index in [2.05, 4.69) is 13.0 Å². The van der Waals surface area contributed by atoms with Gasteiger partial charge in [-0.2, -0.15) is 0 Å². The maximum absolute atomic E-state index is 12.5. The Balaban J connectivity index is 1.33. The lowest BCUT2D eigenvalue weighted by Gasteiger charge is -2.54. The predicted octanol–water partition coefficient (Wildman–Crippen LogP) is 5.01. The maximum atomic E-state index is 12.5. The van der Waals surface area contributed by atoms with Crippen molar-refractivity contribution in [2.45, 2.75) is 64.7 Å². The van der Waals surface area contributed by atoms with Crippen LogP contribution < -0.4 is 0 Å². The molecule has 0 spiro atoms. The molecular formula is C22H30O. The van der Waals surface area contributed by atoms with Gasteiger partial charge >= 0.3 is 0 Å². The molecule has 0 bridgehead atoms. The number of carbonyl (C=O) groups excluding carboxylic acids is 1. The second kappa shape index (κ2) is 4.33. The van der Waals surface area contributed by atoms with E-state index in [9.17, 15) is 4.79 Å². The van der Waals surface area contributed by atoms with Crippen LogP contribution >= 0.6 is 0 Å². The van der Waals surface area contributed by atoms with Gasteiger partial charge in [-0.15, -0.1) is 0 Å². The van der Waals surface area contributed by atoms with Gasteiger partial charge in [-0.05, 0) is 111 Å². The first-order valence-electron chi connectivity index (χ1n) is 10.4. The Morgan fingerprint density at radius 1 is 0.957 bits per heavy atom. The fourth-order valence-electron chi connectivity index (χ4n) is 8.07. The maximum Gasteiger partial charge on any atom is 0.159 e. The van der Waals surface area contributed by atoms with E-state index in [-0.39, 0.29) is 0 Å². The molecule has 1 unspecified atom stereocenters. The molecule has 6 aliphatic rings. The highest BCUT2D eigenvalue weighted by Gasteiger charge is 2.64. The molecule has 0 amide bonds. The zero-order valence-corrected chi connectivity index (χ0v) is 14.5. The van der Waals surface area contributed by atoms with E-state index in [0.717, 1.165) is 41.4 Å². The van der Waals surface area contributed by atoms with Crippen LogP contribution in [0.15, 0.2) is 11.6 Å². The van der Waals surface area contributed by atoms with Gasteiger partial charge in [0.2, 0.25) is 0 Å². The molecule has 0 radical (unpaired) electrons. The van der Waals surface area contributed by atoms with Gasteiger partial charge in [0.05, 0.1) is 0 Å². The summed E-state index contributed by atoms with van der Waals surface area (Å²) in [5, 5.41) is 0. The minimum atomic E-state index is 0.410. The number of ketones is 1. The Labute approximate surface area is 140 Å². The molecule has 5 fully saturated rings. The number of carbonyl (C=O) groups is 1. The highest BCUT2D eigenvalue weighted by Crippen LogP contribution is 2.72. The molecule has 0 aromatic carbocycles. The summed E-state index contributed by atoms with van der Waals surface area (Å²) in [5.74, 6) is 7.64. The number of fused-ring (bicyclic) bond motifs is 7. The van der Waals surface area contributed by atoms with Gasteiger partial charge < -0.3 is 0 Å². The molecule has 6 rings (SSSR count). The minimum Gasteiger partial charge on any atom is -0.295 e. The summed E-state index contributed by atoms with van der Waals surface area (Å²) in [6.45, 7) is 2.63. The fraction of sp³-hybridized carbons (Fsp3) is 0.864. The second-order valence-corrected chi connectivity index (χ2v) is 10.4. The summed E-state index contributed by atoms with van der Waals surface area (Å²) >= 11 is 0. The number of hydrogen-bond donors (Lipinski definition) is 0. The molecule has 6 aliphatic carbocycles. The van der Waals surface area contributed by atoms with Crippen LogP contribution in [0, 0.1) is 52.8 Å². The standard InChI is InChI=1S/C22H30O/c1-22-7-6-15-16(21(22)19-8-14(19)11-22)5-4-13-9-20(23)18(10-17(13)15)12-2-3-12/h9,12,14-19,21H,2-8,10-11H2,1H3/t14-,15+,16-,17+,18?,19-,21-,22-/m1/s1. The molecule has 1 heteroatoms. The van der Waals surface area contributed by atoms with Gasteiger partial charge in [0, 0.05) is 5.92 Å². The Hall–Kier alpha value is -0.590. The Kier molecular flexibility index (Phi) is 2.57. The van der Waals surface area contributed by atoms with Crippen LogP contribution in [0.25, 0.3) is 0 Å². The Morgan fingerprint density at radius 3 is 2.65 bits per heavy atom. The fourth-order valence-corrected chi connectivity index (χ4v) is 8.07. The lowest BCUT2D eigenvalue weighted by molar-refractivity contribution is -0.121. The molecule has 1 nitrogen and oxygen atoms in total. The smallest absolute Gasteiger partial charge is 0.159 e. The molecule has 8 atom stereocenters. The quantitative estimate of drug-likeness (QED) is 0.665. The molecule has 23 heavy (non-hydrogen) atoms. The van der Waals surface area contributed by atoms with Crippen LogP contribution in [-0.4, -0.2) is 5.78 Å². The first kappa shape index (κ1) is 13.7. The zero-order valence-electron chi connectivity index (χ0n) is 14.5. The predicted molar refractivity (Wildman–Crippen MR) is 90.7 cm³/mol. The number of allylic oxidation sites excluding steroid dienone is 1. The van der Waals surface area contributed by atoms with E-state index in [1.165, 1.54) is 44.9 Å². The average Bonchev–Trinajstić information content (AvgIpc) is 3.43. The van der Waals surface area contributed by atoms with Crippen molar-refractivity contribution in [1.29, 1.82) is 0 Å². The van der Waals surface area contributed by atoms with E-state index in [4.69, 9.17) is 0 Å². The van der Waals surface area contributed by atoms with Gasteiger partial charge in [-0.3, -0.25) is 4.79 Å². The van der Waals surface area contributed by atoms with E-state index < -0.39 is 0 Å². The van der Waals surface area contributed by atoms with E-state index >= 15 is 0 Å². The van der Waals surface area contributed by atoms with Crippen molar-refractivity contribution >= 4 is 5.78 Å². The van der Waals surface area contributed by atoms with E-state index in [1.807, 2.05) is 0 Å². The van der Waals surface area contributed by atoms with Crippen LogP contribution in [0.4, 0.5) is 0 Å². The van der Waals surface area contributed by atoms with Gasteiger partial charge in [-0.1, -0.05) is 12.5 Å². The summed E-state index contributed by atoms with van der Waals surface area (Å²) < 4.78 is 0. The molecular weight excluding hydrogens is 280 g/mol. The zero-order chi connectivity index (χ0) is 15.3. The molecule has 0 aromatic heterocycles. The first-order valence-corrected chi connectivity index (χ1v) is 10.4. The van der Waals surface area contributed by atoms with Crippen molar-refractivity contribution in [3.63, 3.8) is 0 Å². The van der Waals surface area contributed by atoms with Crippen molar-refractivity contribution in [2.75, 3.05) is 0 Å². The summed E-state index contributed by atoms with van der Waals surface area (Å²) in [6.07, 6.45) is 14.7. The third-order valence-corrected chi connectivity index (χ3v) is 9.18. The van der Waals surface area contributed by atoms with Crippen molar-refractivity contribution in [2.24, 2.45) is 52.8 Å². The molecule has 0 N–H and O–H groups in total. The second-order valence-electron chi connectivity index (χ2n) is 10.4. The molecule has 0 aliphatic heterocycles. The molecule has 0 heterocycles. The van der Waals surface area contributed by atoms with E-state index in [1.54, 1.807) is 18.4 Å². The van der Waals surface area contributed by atoms with Gasteiger partial charge in [0.25, 0.3) is 0 Å². The average molecular weight is 310 g/mol. The summed E-state index contributed by atoms with van der Waals surface area (Å²) in [5.41, 5.74) is 2.26. The third kappa shape index (κ3) is 1.83. The summed E-state index contributed by atoms with van der Waals surface area (Å²) in [4.78, 5) is 12.5. The van der Waals surface area contributed by atoms with Crippen molar-refractivity contribution in [3.8, 4) is 0 Å². The first-order chi connectivity index (χ1) is 11.1. The SMILES string of the molecule is C[C@]12CC[C@H]3[C@@H](CCC4=CC(=O)C(C5CC5)C[C@@H]43)[C@@H]1[C@@H]1C[C@@H]1C2. The Bertz CT molecular complexity index is 599. The number of hydrogen-bond acceptors (Lipinski definition) is 1. The molecule has 5 saturated carbocycles. The van der Waals surface area contributed by atoms with Crippen molar-refractivity contribution in [3.05, 3.63) is 11.6 Å². The monoisotopic (exact) mass is 310 g/mol. The van der Waals surface area contributed by atoms with Crippen LogP contribution in [0.3, 0.4) is 0 Å². The van der Waals surface area contributed by atoms with Gasteiger partial charge in [0.1, 0.15) is 0 Å². The number of rotatable bonds is 1. The normalized spacial score (nSPS) is 57.0. The summed E-state index contributed by atoms with van der Waals surface area (Å²) in [6, 6.07) is 0. The minimum absolute atomic E-state index is 0.410. The van der Waals surface area contributed by atoms with Crippen LogP contribution in [0.2, 0.25) is 0 Å². The van der Waals surface area contributed by atoms with Crippen molar-refractivity contribution < 1.29 is 4.79 Å². The molecule has 0 saturated heterocycles. The lowest BCUT2D eigenvalue weighted by atomic mass is 9.51. The van der Waals surface area contributed by atoms with Gasteiger partial charge in [0.15, 0.2) is 5.78 Å². The highest BCUT2D eigenvalue weighted by molar-refractivity contribution is 5.94. The van der Waals surface area contributed by atoms with Crippen LogP contribution in [0.1, 0.15) is 64.7 Å². The Morgan fingerprint density at radius 2 is 1.83 bits per heavy atom. The molecule has 124 valence electrons. The largest absolute Gasteiger partial charge is 0.295 e.